The monoisotopic (exact) mass is 221 g/mol. The number of amides is 1. The van der Waals surface area contributed by atoms with Crippen molar-refractivity contribution in [2.45, 2.75) is 13.0 Å². The number of carbonyl (C=O) groups is 1. The van der Waals surface area contributed by atoms with Crippen molar-refractivity contribution in [1.29, 1.82) is 0 Å². The SMILES string of the molecule is CCOc1ccc(C(=O)NC[C@@H]2CO2)cc1. The molecular formula is C12H15NO3. The molecule has 0 unspecified atom stereocenters. The van der Waals surface area contributed by atoms with Gasteiger partial charge in [0.15, 0.2) is 0 Å². The first kappa shape index (κ1) is 11.0. The van der Waals surface area contributed by atoms with Gasteiger partial charge in [0.25, 0.3) is 5.91 Å². The van der Waals surface area contributed by atoms with E-state index in [1.54, 1.807) is 24.3 Å². The van der Waals surface area contributed by atoms with E-state index >= 15 is 0 Å². The Labute approximate surface area is 94.6 Å². The molecule has 0 bridgehead atoms. The minimum atomic E-state index is -0.0708. The van der Waals surface area contributed by atoms with E-state index in [0.29, 0.717) is 18.7 Å². The quantitative estimate of drug-likeness (QED) is 0.760. The average molecular weight is 221 g/mol. The highest BCUT2D eigenvalue weighted by molar-refractivity contribution is 5.94. The molecule has 4 heteroatoms. The van der Waals surface area contributed by atoms with Crippen molar-refractivity contribution in [3.05, 3.63) is 29.8 Å². The molecule has 1 aromatic rings. The number of epoxide rings is 1. The minimum absolute atomic E-state index is 0.0708. The second-order valence-electron chi connectivity index (χ2n) is 3.62. The summed E-state index contributed by atoms with van der Waals surface area (Å²) in [4.78, 5) is 11.6. The maximum atomic E-state index is 11.6. The number of benzene rings is 1. The minimum Gasteiger partial charge on any atom is -0.494 e. The van der Waals surface area contributed by atoms with E-state index in [2.05, 4.69) is 5.32 Å². The van der Waals surface area contributed by atoms with Gasteiger partial charge in [0.2, 0.25) is 0 Å². The topological polar surface area (TPSA) is 50.9 Å². The second-order valence-corrected chi connectivity index (χ2v) is 3.62. The number of hydrogen-bond acceptors (Lipinski definition) is 3. The molecule has 0 saturated carbocycles. The van der Waals surface area contributed by atoms with Gasteiger partial charge in [0.1, 0.15) is 5.75 Å². The molecule has 1 aromatic carbocycles. The fraction of sp³-hybridized carbons (Fsp3) is 0.417. The van der Waals surface area contributed by atoms with Gasteiger partial charge in [0, 0.05) is 12.1 Å². The van der Waals surface area contributed by atoms with E-state index in [-0.39, 0.29) is 12.0 Å². The maximum absolute atomic E-state index is 11.6. The summed E-state index contributed by atoms with van der Waals surface area (Å²) in [6, 6.07) is 7.11. The molecule has 2 rings (SSSR count). The van der Waals surface area contributed by atoms with Gasteiger partial charge in [-0.1, -0.05) is 0 Å². The van der Waals surface area contributed by atoms with Gasteiger partial charge in [-0.15, -0.1) is 0 Å². The van der Waals surface area contributed by atoms with E-state index in [4.69, 9.17) is 9.47 Å². The largest absolute Gasteiger partial charge is 0.494 e. The second kappa shape index (κ2) is 4.99. The summed E-state index contributed by atoms with van der Waals surface area (Å²) < 4.78 is 10.3. The summed E-state index contributed by atoms with van der Waals surface area (Å²) in [5.41, 5.74) is 0.643. The first-order valence-corrected chi connectivity index (χ1v) is 5.42. The van der Waals surface area contributed by atoms with E-state index < -0.39 is 0 Å². The molecule has 16 heavy (non-hydrogen) atoms. The van der Waals surface area contributed by atoms with Gasteiger partial charge < -0.3 is 14.8 Å². The molecule has 0 radical (unpaired) electrons. The molecule has 1 aliphatic rings. The predicted octanol–water partition coefficient (Wildman–Crippen LogP) is 1.21. The summed E-state index contributed by atoms with van der Waals surface area (Å²) in [6.45, 7) is 3.90. The molecule has 1 amide bonds. The van der Waals surface area contributed by atoms with Crippen LogP contribution in [0.5, 0.6) is 5.75 Å². The van der Waals surface area contributed by atoms with Crippen LogP contribution in [0.25, 0.3) is 0 Å². The van der Waals surface area contributed by atoms with E-state index in [9.17, 15) is 4.79 Å². The highest BCUT2D eigenvalue weighted by Crippen LogP contribution is 2.12. The van der Waals surface area contributed by atoms with Crippen LogP contribution in [0.3, 0.4) is 0 Å². The van der Waals surface area contributed by atoms with Crippen molar-refractivity contribution in [2.24, 2.45) is 0 Å². The summed E-state index contributed by atoms with van der Waals surface area (Å²) >= 11 is 0. The van der Waals surface area contributed by atoms with Crippen molar-refractivity contribution >= 4 is 5.91 Å². The summed E-state index contributed by atoms with van der Waals surface area (Å²) in [7, 11) is 0. The van der Waals surface area contributed by atoms with Gasteiger partial charge in [-0.2, -0.15) is 0 Å². The lowest BCUT2D eigenvalue weighted by molar-refractivity contribution is 0.0950. The molecule has 1 aliphatic heterocycles. The normalized spacial score (nSPS) is 17.9. The molecule has 86 valence electrons. The van der Waals surface area contributed by atoms with E-state index in [1.807, 2.05) is 6.92 Å². The van der Waals surface area contributed by atoms with Crippen molar-refractivity contribution in [3.8, 4) is 5.75 Å². The molecular weight excluding hydrogens is 206 g/mol. The Hall–Kier alpha value is -1.55. The Morgan fingerprint density at radius 1 is 1.50 bits per heavy atom. The summed E-state index contributed by atoms with van der Waals surface area (Å²) in [6.07, 6.45) is 0.214. The number of rotatable bonds is 5. The fourth-order valence-electron chi connectivity index (χ4n) is 1.36. The third kappa shape index (κ3) is 2.97. The number of hydrogen-bond donors (Lipinski definition) is 1. The lowest BCUT2D eigenvalue weighted by Crippen LogP contribution is -2.27. The number of ether oxygens (including phenoxy) is 2. The summed E-state index contributed by atoms with van der Waals surface area (Å²) in [5.74, 6) is 0.711. The fourth-order valence-corrected chi connectivity index (χ4v) is 1.36. The maximum Gasteiger partial charge on any atom is 0.251 e. The van der Waals surface area contributed by atoms with Crippen molar-refractivity contribution in [1.82, 2.24) is 5.32 Å². The lowest BCUT2D eigenvalue weighted by Gasteiger charge is -2.05. The van der Waals surface area contributed by atoms with Gasteiger partial charge in [-0.3, -0.25) is 4.79 Å². The van der Waals surface area contributed by atoms with Crippen LogP contribution in [-0.2, 0) is 4.74 Å². The molecule has 1 heterocycles. The zero-order valence-electron chi connectivity index (χ0n) is 9.23. The van der Waals surface area contributed by atoms with Gasteiger partial charge in [-0.05, 0) is 31.2 Å². The van der Waals surface area contributed by atoms with E-state index in [1.165, 1.54) is 0 Å². The Balaban J connectivity index is 1.88. The van der Waals surface area contributed by atoms with Gasteiger partial charge in [0.05, 0.1) is 19.3 Å². The van der Waals surface area contributed by atoms with Crippen LogP contribution < -0.4 is 10.1 Å². The Morgan fingerprint density at radius 2 is 2.19 bits per heavy atom. The molecule has 0 aromatic heterocycles. The standard InChI is InChI=1S/C12H15NO3/c1-2-15-10-5-3-9(4-6-10)12(14)13-7-11-8-16-11/h3-6,11H,2,7-8H2,1H3,(H,13,14)/t11-/m1/s1. The Bertz CT molecular complexity index is 357. The van der Waals surface area contributed by atoms with Crippen LogP contribution in [-0.4, -0.2) is 31.8 Å². The highest BCUT2D eigenvalue weighted by Gasteiger charge is 2.22. The lowest BCUT2D eigenvalue weighted by atomic mass is 10.2. The predicted molar refractivity (Wildman–Crippen MR) is 59.7 cm³/mol. The number of carbonyl (C=O) groups excluding carboxylic acids is 1. The van der Waals surface area contributed by atoms with Crippen molar-refractivity contribution in [2.75, 3.05) is 19.8 Å². The molecule has 1 fully saturated rings. The van der Waals surface area contributed by atoms with Crippen LogP contribution in [0, 0.1) is 0 Å². The van der Waals surface area contributed by atoms with Crippen LogP contribution in [0.4, 0.5) is 0 Å². The van der Waals surface area contributed by atoms with Crippen LogP contribution in [0.2, 0.25) is 0 Å². The zero-order valence-corrected chi connectivity index (χ0v) is 9.23. The van der Waals surface area contributed by atoms with E-state index in [0.717, 1.165) is 12.4 Å². The molecule has 1 atom stereocenters. The molecule has 0 spiro atoms. The average Bonchev–Trinajstić information content (AvgIpc) is 3.11. The molecule has 0 aliphatic carbocycles. The highest BCUT2D eigenvalue weighted by atomic mass is 16.6. The Morgan fingerprint density at radius 3 is 2.75 bits per heavy atom. The zero-order chi connectivity index (χ0) is 11.4. The summed E-state index contributed by atoms with van der Waals surface area (Å²) in [5, 5.41) is 2.81. The van der Waals surface area contributed by atoms with Gasteiger partial charge in [-0.25, -0.2) is 0 Å². The third-order valence-corrected chi connectivity index (χ3v) is 2.32. The van der Waals surface area contributed by atoms with Crippen LogP contribution >= 0.6 is 0 Å². The molecule has 4 nitrogen and oxygen atoms in total. The van der Waals surface area contributed by atoms with Gasteiger partial charge >= 0.3 is 0 Å². The van der Waals surface area contributed by atoms with Crippen LogP contribution in [0.15, 0.2) is 24.3 Å². The smallest absolute Gasteiger partial charge is 0.251 e. The Kier molecular flexibility index (Phi) is 3.41. The first-order chi connectivity index (χ1) is 7.79. The van der Waals surface area contributed by atoms with Crippen molar-refractivity contribution < 1.29 is 14.3 Å². The van der Waals surface area contributed by atoms with Crippen LogP contribution in [0.1, 0.15) is 17.3 Å². The van der Waals surface area contributed by atoms with Crippen molar-refractivity contribution in [3.63, 3.8) is 0 Å². The first-order valence-electron chi connectivity index (χ1n) is 5.42. The number of nitrogens with one attached hydrogen (secondary N) is 1. The molecule has 1 saturated heterocycles. The third-order valence-electron chi connectivity index (χ3n) is 2.32. The molecule has 1 N–H and O–H groups in total.